The van der Waals surface area contributed by atoms with E-state index in [4.69, 9.17) is 4.74 Å². The summed E-state index contributed by atoms with van der Waals surface area (Å²) in [5.41, 5.74) is -0.427. The third-order valence-electron chi connectivity index (χ3n) is 4.93. The number of nitrogens with one attached hydrogen (secondary N) is 2. The summed E-state index contributed by atoms with van der Waals surface area (Å²) in [4.78, 5) is 11.9. The van der Waals surface area contributed by atoms with Crippen LogP contribution in [0.3, 0.4) is 0 Å². The maximum absolute atomic E-state index is 11.9. The second-order valence-electron chi connectivity index (χ2n) is 8.34. The molecule has 22 heavy (non-hydrogen) atoms. The number of amides is 1. The van der Waals surface area contributed by atoms with Crippen molar-refractivity contribution in [1.82, 2.24) is 10.6 Å². The molecule has 0 saturated heterocycles. The standard InChI is InChI=1S/C18H34N2O2/c1-13-7-5-8-14(11-13)12-19-15-9-6-10-16(15)20-17(21)22-18(2,3)4/h13-16,19H,5-12H2,1-4H3,(H,20,21). The number of carbonyl (C=O) groups excluding carboxylic acids is 1. The Balaban J connectivity index is 1.74. The van der Waals surface area contributed by atoms with Crippen molar-refractivity contribution < 1.29 is 9.53 Å². The first-order chi connectivity index (χ1) is 10.3. The molecule has 2 aliphatic rings. The average molecular weight is 310 g/mol. The van der Waals surface area contributed by atoms with E-state index >= 15 is 0 Å². The Labute approximate surface area is 135 Å². The molecule has 2 aliphatic carbocycles. The molecule has 4 nitrogen and oxygen atoms in total. The summed E-state index contributed by atoms with van der Waals surface area (Å²) in [6.07, 6.45) is 8.58. The third kappa shape index (κ3) is 5.79. The van der Waals surface area contributed by atoms with Gasteiger partial charge in [0, 0.05) is 12.1 Å². The maximum atomic E-state index is 11.9. The molecule has 0 aliphatic heterocycles. The molecule has 2 N–H and O–H groups in total. The predicted octanol–water partition coefficient (Wildman–Crippen LogP) is 3.85. The van der Waals surface area contributed by atoms with Gasteiger partial charge in [-0.1, -0.05) is 19.8 Å². The average Bonchev–Trinajstić information content (AvgIpc) is 2.81. The summed E-state index contributed by atoms with van der Waals surface area (Å²) in [6, 6.07) is 0.626. The molecular weight excluding hydrogens is 276 g/mol. The van der Waals surface area contributed by atoms with Gasteiger partial charge in [-0.25, -0.2) is 4.79 Å². The molecule has 0 aromatic heterocycles. The molecular formula is C18H34N2O2. The number of carbonyl (C=O) groups is 1. The van der Waals surface area contributed by atoms with Crippen LogP contribution in [0.5, 0.6) is 0 Å². The Morgan fingerprint density at radius 1 is 1.09 bits per heavy atom. The second-order valence-corrected chi connectivity index (χ2v) is 8.34. The minimum Gasteiger partial charge on any atom is -0.444 e. The van der Waals surface area contributed by atoms with Gasteiger partial charge < -0.3 is 15.4 Å². The van der Waals surface area contributed by atoms with Crippen LogP contribution >= 0.6 is 0 Å². The molecule has 1 amide bonds. The van der Waals surface area contributed by atoms with E-state index in [-0.39, 0.29) is 12.1 Å². The predicted molar refractivity (Wildman–Crippen MR) is 89.9 cm³/mol. The van der Waals surface area contributed by atoms with Gasteiger partial charge in [0.15, 0.2) is 0 Å². The highest BCUT2D eigenvalue weighted by Gasteiger charge is 2.30. The van der Waals surface area contributed by atoms with Crippen molar-refractivity contribution in [2.45, 2.75) is 90.3 Å². The molecule has 2 rings (SSSR count). The number of hydrogen-bond donors (Lipinski definition) is 2. The van der Waals surface area contributed by atoms with Crippen LogP contribution in [0.2, 0.25) is 0 Å². The van der Waals surface area contributed by atoms with Gasteiger partial charge in [-0.3, -0.25) is 0 Å². The quantitative estimate of drug-likeness (QED) is 0.829. The van der Waals surface area contributed by atoms with Crippen molar-refractivity contribution in [1.29, 1.82) is 0 Å². The van der Waals surface area contributed by atoms with E-state index in [1.54, 1.807) is 0 Å². The fourth-order valence-electron chi connectivity index (χ4n) is 3.90. The van der Waals surface area contributed by atoms with Crippen molar-refractivity contribution in [3.8, 4) is 0 Å². The molecule has 0 radical (unpaired) electrons. The summed E-state index contributed by atoms with van der Waals surface area (Å²) < 4.78 is 5.38. The molecule has 4 atom stereocenters. The van der Waals surface area contributed by atoms with Crippen LogP contribution in [0.1, 0.15) is 72.6 Å². The van der Waals surface area contributed by atoms with Crippen molar-refractivity contribution in [2.24, 2.45) is 11.8 Å². The van der Waals surface area contributed by atoms with Crippen LogP contribution in [-0.2, 0) is 4.74 Å². The van der Waals surface area contributed by atoms with E-state index in [1.165, 1.54) is 32.1 Å². The maximum Gasteiger partial charge on any atom is 0.407 e. The van der Waals surface area contributed by atoms with Crippen LogP contribution in [0.25, 0.3) is 0 Å². The Morgan fingerprint density at radius 2 is 1.77 bits per heavy atom. The number of alkyl carbamates (subject to hydrolysis) is 1. The van der Waals surface area contributed by atoms with Gasteiger partial charge >= 0.3 is 6.09 Å². The van der Waals surface area contributed by atoms with Crippen LogP contribution in [0.15, 0.2) is 0 Å². The Hall–Kier alpha value is -0.770. The zero-order valence-corrected chi connectivity index (χ0v) is 14.8. The zero-order valence-electron chi connectivity index (χ0n) is 14.8. The lowest BCUT2D eigenvalue weighted by Gasteiger charge is -2.30. The monoisotopic (exact) mass is 310 g/mol. The lowest BCUT2D eigenvalue weighted by molar-refractivity contribution is 0.0497. The molecule has 4 unspecified atom stereocenters. The highest BCUT2D eigenvalue weighted by molar-refractivity contribution is 5.68. The lowest BCUT2D eigenvalue weighted by atomic mass is 9.82. The number of rotatable bonds is 4. The van der Waals surface area contributed by atoms with E-state index in [0.29, 0.717) is 6.04 Å². The summed E-state index contributed by atoms with van der Waals surface area (Å²) >= 11 is 0. The van der Waals surface area contributed by atoms with Crippen molar-refractivity contribution in [3.63, 3.8) is 0 Å². The fourth-order valence-corrected chi connectivity index (χ4v) is 3.90. The van der Waals surface area contributed by atoms with Gasteiger partial charge in [0.25, 0.3) is 0 Å². The molecule has 0 heterocycles. The smallest absolute Gasteiger partial charge is 0.407 e. The van der Waals surface area contributed by atoms with Gasteiger partial charge in [0.2, 0.25) is 0 Å². The van der Waals surface area contributed by atoms with Crippen molar-refractivity contribution in [3.05, 3.63) is 0 Å². The van der Waals surface area contributed by atoms with E-state index in [1.807, 2.05) is 20.8 Å². The van der Waals surface area contributed by atoms with Gasteiger partial charge in [0.1, 0.15) is 5.60 Å². The molecule has 0 aromatic rings. The van der Waals surface area contributed by atoms with Gasteiger partial charge in [0.05, 0.1) is 0 Å². The first-order valence-corrected chi connectivity index (χ1v) is 9.06. The minimum atomic E-state index is -0.427. The topological polar surface area (TPSA) is 50.4 Å². The molecule has 2 fully saturated rings. The Kier molecular flexibility index (Phi) is 6.13. The summed E-state index contributed by atoms with van der Waals surface area (Å²) in [5.74, 6) is 1.69. The molecule has 0 bridgehead atoms. The molecule has 2 saturated carbocycles. The summed E-state index contributed by atoms with van der Waals surface area (Å²) in [7, 11) is 0. The van der Waals surface area contributed by atoms with E-state index < -0.39 is 5.60 Å². The highest BCUT2D eigenvalue weighted by atomic mass is 16.6. The largest absolute Gasteiger partial charge is 0.444 e. The zero-order chi connectivity index (χ0) is 16.2. The summed E-state index contributed by atoms with van der Waals surface area (Å²) in [6.45, 7) is 9.18. The first-order valence-electron chi connectivity index (χ1n) is 9.06. The van der Waals surface area contributed by atoms with Crippen molar-refractivity contribution in [2.75, 3.05) is 6.54 Å². The molecule has 0 aromatic carbocycles. The number of ether oxygens (including phenoxy) is 1. The van der Waals surface area contributed by atoms with Crippen LogP contribution in [0, 0.1) is 11.8 Å². The third-order valence-corrected chi connectivity index (χ3v) is 4.93. The molecule has 0 spiro atoms. The van der Waals surface area contributed by atoms with Crippen LogP contribution in [0.4, 0.5) is 4.79 Å². The minimum absolute atomic E-state index is 0.218. The van der Waals surface area contributed by atoms with Gasteiger partial charge in [-0.05, 0) is 71.3 Å². The lowest BCUT2D eigenvalue weighted by Crippen LogP contribution is -2.49. The molecule has 128 valence electrons. The van der Waals surface area contributed by atoms with E-state index in [9.17, 15) is 4.79 Å². The van der Waals surface area contributed by atoms with Crippen molar-refractivity contribution >= 4 is 6.09 Å². The highest BCUT2D eigenvalue weighted by Crippen LogP contribution is 2.28. The SMILES string of the molecule is CC1CCCC(CNC2CCCC2NC(=O)OC(C)(C)C)C1. The Bertz CT molecular complexity index is 365. The van der Waals surface area contributed by atoms with Gasteiger partial charge in [-0.15, -0.1) is 0 Å². The van der Waals surface area contributed by atoms with Crippen LogP contribution in [-0.4, -0.2) is 30.3 Å². The Morgan fingerprint density at radius 3 is 2.45 bits per heavy atom. The van der Waals surface area contributed by atoms with Crippen LogP contribution < -0.4 is 10.6 Å². The fraction of sp³-hybridized carbons (Fsp3) is 0.944. The molecule has 4 heteroatoms. The van der Waals surface area contributed by atoms with E-state index in [2.05, 4.69) is 17.6 Å². The summed E-state index contributed by atoms with van der Waals surface area (Å²) in [5, 5.41) is 6.78. The second kappa shape index (κ2) is 7.67. The van der Waals surface area contributed by atoms with Gasteiger partial charge in [-0.2, -0.15) is 0 Å². The van der Waals surface area contributed by atoms with E-state index in [0.717, 1.165) is 31.2 Å². The first kappa shape index (κ1) is 17.6. The number of hydrogen-bond acceptors (Lipinski definition) is 3. The normalized spacial score (nSPS) is 32.7.